The maximum atomic E-state index is 12.9. The fourth-order valence-corrected chi connectivity index (χ4v) is 2.42. The van der Waals surface area contributed by atoms with Crippen molar-refractivity contribution in [3.05, 3.63) is 71.6 Å². The van der Waals surface area contributed by atoms with Gasteiger partial charge in [-0.3, -0.25) is 0 Å². The first kappa shape index (κ1) is 12.9. The van der Waals surface area contributed by atoms with Crippen molar-refractivity contribution in [1.82, 2.24) is 0 Å². The molecule has 2 aromatic carbocycles. The van der Waals surface area contributed by atoms with Gasteiger partial charge in [-0.15, -0.1) is 0 Å². The van der Waals surface area contributed by atoms with Gasteiger partial charge in [-0.2, -0.15) is 0 Å². The smallest absolute Gasteiger partial charge is 0.198 e. The summed E-state index contributed by atoms with van der Waals surface area (Å²) in [4.78, 5) is 0. The molecule has 2 atom stereocenters. The molecule has 2 nitrogen and oxygen atoms in total. The van der Waals surface area contributed by atoms with E-state index in [2.05, 4.69) is 0 Å². The van der Waals surface area contributed by atoms with Crippen LogP contribution in [0.5, 0.6) is 5.75 Å². The lowest BCUT2D eigenvalue weighted by Gasteiger charge is -2.27. The molecule has 0 saturated heterocycles. The highest BCUT2D eigenvalue weighted by Gasteiger charge is 2.24. The predicted octanol–water partition coefficient (Wildman–Crippen LogP) is 3.72. The first-order valence-corrected chi connectivity index (χ1v) is 6.60. The summed E-state index contributed by atoms with van der Waals surface area (Å²) < 4.78 is 18.3. The molecule has 1 heterocycles. The highest BCUT2D eigenvalue weighted by atomic mass is 19.1. The van der Waals surface area contributed by atoms with E-state index >= 15 is 0 Å². The second kappa shape index (κ2) is 5.47. The van der Waals surface area contributed by atoms with Crippen molar-refractivity contribution in [2.24, 2.45) is 0 Å². The molecule has 1 aliphatic heterocycles. The fourth-order valence-electron chi connectivity index (χ4n) is 2.42. The lowest BCUT2D eigenvalue weighted by atomic mass is 9.91. The summed E-state index contributed by atoms with van der Waals surface area (Å²) in [6.45, 7) is 0. The van der Waals surface area contributed by atoms with Crippen LogP contribution in [-0.2, 0) is 0 Å². The molecule has 20 heavy (non-hydrogen) atoms. The lowest BCUT2D eigenvalue weighted by molar-refractivity contribution is -0.0353. The minimum absolute atomic E-state index is 0.0972. The molecule has 0 bridgehead atoms. The summed E-state index contributed by atoms with van der Waals surface area (Å²) in [5.74, 6) is 0.578. The van der Waals surface area contributed by atoms with Crippen molar-refractivity contribution in [2.75, 3.05) is 0 Å². The summed E-state index contributed by atoms with van der Waals surface area (Å²) in [5, 5.41) is 9.75. The number of hydrogen-bond donors (Lipinski definition) is 1. The normalized spacial score (nSPS) is 21.5. The Morgan fingerprint density at radius 1 is 1.10 bits per heavy atom. The van der Waals surface area contributed by atoms with Gasteiger partial charge < -0.3 is 9.84 Å². The standard InChI is InChI=1S/C17H15FO2/c18-14-9-6-12(7-10-14)5-8-13-11-17(19)20-16-4-2-1-3-15(13)16/h1-10,13,17,19H,11H2/b8-5+. The molecule has 2 unspecified atom stereocenters. The zero-order chi connectivity index (χ0) is 13.9. The number of benzene rings is 2. The minimum atomic E-state index is -0.784. The molecular weight excluding hydrogens is 255 g/mol. The molecule has 0 aliphatic carbocycles. The molecule has 3 heteroatoms. The molecule has 0 radical (unpaired) electrons. The maximum Gasteiger partial charge on any atom is 0.198 e. The van der Waals surface area contributed by atoms with Crippen LogP contribution in [0.25, 0.3) is 6.08 Å². The van der Waals surface area contributed by atoms with Gasteiger partial charge in [-0.05, 0) is 23.8 Å². The molecule has 0 saturated carbocycles. The third-order valence-electron chi connectivity index (χ3n) is 3.43. The Kier molecular flexibility index (Phi) is 3.52. The fraction of sp³-hybridized carbons (Fsp3) is 0.176. The third-order valence-corrected chi connectivity index (χ3v) is 3.43. The molecule has 2 aromatic rings. The Balaban J connectivity index is 1.85. The SMILES string of the molecule is OC1CC(/C=C/c2ccc(F)cc2)c2ccccc2O1. The predicted molar refractivity (Wildman–Crippen MR) is 75.9 cm³/mol. The second-order valence-electron chi connectivity index (χ2n) is 4.86. The topological polar surface area (TPSA) is 29.5 Å². The van der Waals surface area contributed by atoms with E-state index in [-0.39, 0.29) is 11.7 Å². The van der Waals surface area contributed by atoms with Crippen LogP contribution in [-0.4, -0.2) is 11.4 Å². The number of hydrogen-bond acceptors (Lipinski definition) is 2. The van der Waals surface area contributed by atoms with Crippen LogP contribution in [0.4, 0.5) is 4.39 Å². The number of para-hydroxylation sites is 1. The number of ether oxygens (including phenoxy) is 1. The number of allylic oxidation sites excluding steroid dienone is 1. The van der Waals surface area contributed by atoms with Crippen molar-refractivity contribution in [3.63, 3.8) is 0 Å². The molecule has 3 rings (SSSR count). The Labute approximate surface area is 117 Å². The van der Waals surface area contributed by atoms with E-state index in [0.717, 1.165) is 16.9 Å². The number of aliphatic hydroxyl groups is 1. The molecule has 0 amide bonds. The van der Waals surface area contributed by atoms with E-state index in [1.165, 1.54) is 12.1 Å². The van der Waals surface area contributed by atoms with Crippen molar-refractivity contribution in [3.8, 4) is 5.75 Å². The van der Waals surface area contributed by atoms with Crippen LogP contribution in [0.1, 0.15) is 23.5 Å². The van der Waals surface area contributed by atoms with Gasteiger partial charge in [0.1, 0.15) is 11.6 Å². The number of halogens is 1. The summed E-state index contributed by atoms with van der Waals surface area (Å²) in [5.41, 5.74) is 2.00. The van der Waals surface area contributed by atoms with Crippen molar-refractivity contribution < 1.29 is 14.2 Å². The van der Waals surface area contributed by atoms with Gasteiger partial charge in [-0.25, -0.2) is 4.39 Å². The lowest BCUT2D eigenvalue weighted by Crippen LogP contribution is -2.24. The van der Waals surface area contributed by atoms with Crippen LogP contribution >= 0.6 is 0 Å². The average molecular weight is 270 g/mol. The van der Waals surface area contributed by atoms with Crippen LogP contribution in [0.3, 0.4) is 0 Å². The number of fused-ring (bicyclic) bond motifs is 1. The van der Waals surface area contributed by atoms with Gasteiger partial charge in [0, 0.05) is 17.9 Å². The molecule has 0 aromatic heterocycles. The van der Waals surface area contributed by atoms with Crippen LogP contribution < -0.4 is 4.74 Å². The summed E-state index contributed by atoms with van der Waals surface area (Å²) >= 11 is 0. The summed E-state index contributed by atoms with van der Waals surface area (Å²) in [7, 11) is 0. The molecule has 0 fully saturated rings. The Bertz CT molecular complexity index is 619. The van der Waals surface area contributed by atoms with Crippen LogP contribution in [0.2, 0.25) is 0 Å². The highest BCUT2D eigenvalue weighted by molar-refractivity contribution is 5.52. The Morgan fingerprint density at radius 2 is 1.85 bits per heavy atom. The van der Waals surface area contributed by atoms with Gasteiger partial charge in [0.25, 0.3) is 0 Å². The second-order valence-corrected chi connectivity index (χ2v) is 4.86. The van der Waals surface area contributed by atoms with Crippen LogP contribution in [0.15, 0.2) is 54.6 Å². The maximum absolute atomic E-state index is 12.9. The largest absolute Gasteiger partial charge is 0.465 e. The first-order valence-electron chi connectivity index (χ1n) is 6.60. The molecule has 102 valence electrons. The highest BCUT2D eigenvalue weighted by Crippen LogP contribution is 2.36. The molecule has 1 aliphatic rings. The number of aliphatic hydroxyl groups excluding tert-OH is 1. The minimum Gasteiger partial charge on any atom is -0.465 e. The Hall–Kier alpha value is -2.13. The number of rotatable bonds is 2. The first-order chi connectivity index (χ1) is 9.72. The monoisotopic (exact) mass is 270 g/mol. The zero-order valence-corrected chi connectivity index (χ0v) is 10.9. The van der Waals surface area contributed by atoms with E-state index < -0.39 is 6.29 Å². The average Bonchev–Trinajstić information content (AvgIpc) is 2.46. The van der Waals surface area contributed by atoms with E-state index in [1.54, 1.807) is 12.1 Å². The van der Waals surface area contributed by atoms with Gasteiger partial charge in [0.2, 0.25) is 0 Å². The summed E-state index contributed by atoms with van der Waals surface area (Å²) in [6, 6.07) is 14.0. The van der Waals surface area contributed by atoms with E-state index in [0.29, 0.717) is 6.42 Å². The zero-order valence-electron chi connectivity index (χ0n) is 10.9. The van der Waals surface area contributed by atoms with Gasteiger partial charge in [-0.1, -0.05) is 42.5 Å². The van der Waals surface area contributed by atoms with Crippen molar-refractivity contribution in [2.45, 2.75) is 18.6 Å². The van der Waals surface area contributed by atoms with Gasteiger partial charge in [0.05, 0.1) is 0 Å². The van der Waals surface area contributed by atoms with E-state index in [9.17, 15) is 9.50 Å². The molecule has 1 N–H and O–H groups in total. The van der Waals surface area contributed by atoms with Gasteiger partial charge >= 0.3 is 0 Å². The van der Waals surface area contributed by atoms with E-state index in [1.807, 2.05) is 36.4 Å². The van der Waals surface area contributed by atoms with Crippen molar-refractivity contribution in [1.29, 1.82) is 0 Å². The van der Waals surface area contributed by atoms with Gasteiger partial charge in [0.15, 0.2) is 6.29 Å². The molecule has 0 spiro atoms. The van der Waals surface area contributed by atoms with E-state index in [4.69, 9.17) is 4.74 Å². The van der Waals surface area contributed by atoms with Crippen LogP contribution in [0, 0.1) is 5.82 Å². The third kappa shape index (κ3) is 2.73. The summed E-state index contributed by atoms with van der Waals surface area (Å²) in [6.07, 6.45) is 3.71. The Morgan fingerprint density at radius 3 is 2.65 bits per heavy atom. The quantitative estimate of drug-likeness (QED) is 0.901. The van der Waals surface area contributed by atoms with Crippen molar-refractivity contribution >= 4 is 6.08 Å². The molecular formula is C17H15FO2.